The third-order valence-electron chi connectivity index (χ3n) is 5.89. The molecule has 4 rings (SSSR count). The van der Waals surface area contributed by atoms with Crippen LogP contribution in [-0.2, 0) is 23.3 Å². The second kappa shape index (κ2) is 9.57. The average molecular weight is 480 g/mol. The number of aromatic nitrogens is 2. The summed E-state index contributed by atoms with van der Waals surface area (Å²) < 4.78 is 44.0. The first-order chi connectivity index (χ1) is 15.8. The Hall–Kier alpha value is -2.83. The molecule has 0 aliphatic carbocycles. The normalized spacial score (nSPS) is 19.1. The van der Waals surface area contributed by atoms with Crippen molar-refractivity contribution >= 4 is 16.1 Å². The SMILES string of the molecule is O=C(NCc1ccc(F)cc1)c1nc2n(c(=O)c1O)CCCC2NS(=O)(=O)N1CCCCC1. The van der Waals surface area contributed by atoms with Crippen LogP contribution in [0.1, 0.15) is 60.0 Å². The first kappa shape index (κ1) is 23.3. The van der Waals surface area contributed by atoms with Gasteiger partial charge in [0.25, 0.3) is 21.7 Å². The molecule has 2 aromatic rings. The van der Waals surface area contributed by atoms with Crippen LogP contribution >= 0.6 is 0 Å². The van der Waals surface area contributed by atoms with Crippen molar-refractivity contribution in [3.05, 3.63) is 57.5 Å². The summed E-state index contributed by atoms with van der Waals surface area (Å²) in [6.45, 7) is 1.14. The summed E-state index contributed by atoms with van der Waals surface area (Å²) >= 11 is 0. The van der Waals surface area contributed by atoms with Crippen LogP contribution in [0.3, 0.4) is 0 Å². The van der Waals surface area contributed by atoms with Crippen LogP contribution < -0.4 is 15.6 Å². The van der Waals surface area contributed by atoms with Crippen molar-refractivity contribution in [1.29, 1.82) is 0 Å². The molecule has 1 aromatic heterocycles. The van der Waals surface area contributed by atoms with Gasteiger partial charge in [-0.1, -0.05) is 18.6 Å². The summed E-state index contributed by atoms with van der Waals surface area (Å²) in [5.41, 5.74) is -0.655. The van der Waals surface area contributed by atoms with E-state index in [4.69, 9.17) is 0 Å². The molecule has 10 nitrogen and oxygen atoms in total. The van der Waals surface area contributed by atoms with E-state index in [1.807, 2.05) is 0 Å². The van der Waals surface area contributed by atoms with E-state index >= 15 is 0 Å². The number of hydrogen-bond donors (Lipinski definition) is 3. The van der Waals surface area contributed by atoms with E-state index in [1.54, 1.807) is 0 Å². The van der Waals surface area contributed by atoms with Crippen molar-refractivity contribution in [1.82, 2.24) is 23.9 Å². The van der Waals surface area contributed by atoms with E-state index in [0.717, 1.165) is 19.3 Å². The lowest BCUT2D eigenvalue weighted by Gasteiger charge is -2.31. The van der Waals surface area contributed by atoms with Crippen molar-refractivity contribution in [3.63, 3.8) is 0 Å². The number of benzene rings is 1. The molecule has 1 atom stereocenters. The fraction of sp³-hybridized carbons (Fsp3) is 0.476. The van der Waals surface area contributed by atoms with E-state index in [2.05, 4.69) is 15.0 Å². The Kier molecular flexibility index (Phi) is 6.77. The fourth-order valence-electron chi connectivity index (χ4n) is 4.12. The Morgan fingerprint density at radius 3 is 2.52 bits per heavy atom. The minimum atomic E-state index is -3.80. The lowest BCUT2D eigenvalue weighted by Crippen LogP contribution is -2.47. The largest absolute Gasteiger partial charge is 0.501 e. The monoisotopic (exact) mass is 479 g/mol. The van der Waals surface area contributed by atoms with E-state index in [0.29, 0.717) is 31.5 Å². The summed E-state index contributed by atoms with van der Waals surface area (Å²) in [5, 5.41) is 12.9. The van der Waals surface area contributed by atoms with Gasteiger partial charge < -0.3 is 10.4 Å². The van der Waals surface area contributed by atoms with Gasteiger partial charge in [0.1, 0.15) is 11.6 Å². The van der Waals surface area contributed by atoms with Crippen LogP contribution in [0.2, 0.25) is 0 Å². The van der Waals surface area contributed by atoms with Crippen molar-refractivity contribution in [2.75, 3.05) is 13.1 Å². The predicted octanol–water partition coefficient (Wildman–Crippen LogP) is 1.17. The van der Waals surface area contributed by atoms with E-state index in [1.165, 1.54) is 33.1 Å². The van der Waals surface area contributed by atoms with E-state index in [9.17, 15) is 27.5 Å². The molecule has 1 unspecified atom stereocenters. The zero-order valence-electron chi connectivity index (χ0n) is 18.0. The van der Waals surface area contributed by atoms with Crippen LogP contribution in [0, 0.1) is 5.82 Å². The second-order valence-corrected chi connectivity index (χ2v) is 9.91. The lowest BCUT2D eigenvalue weighted by atomic mass is 10.1. The van der Waals surface area contributed by atoms with Crippen LogP contribution in [0.15, 0.2) is 29.1 Å². The van der Waals surface area contributed by atoms with Crippen LogP contribution in [0.4, 0.5) is 4.39 Å². The summed E-state index contributed by atoms with van der Waals surface area (Å²) in [5.74, 6) is -1.91. The minimum Gasteiger partial charge on any atom is -0.501 e. The molecular formula is C21H26FN5O5S. The summed E-state index contributed by atoms with van der Waals surface area (Å²) in [6, 6.07) is 4.69. The van der Waals surface area contributed by atoms with Gasteiger partial charge in [-0.05, 0) is 43.4 Å². The van der Waals surface area contributed by atoms with Crippen LogP contribution in [-0.4, -0.2) is 46.4 Å². The Labute approximate surface area is 190 Å². The van der Waals surface area contributed by atoms with Crippen molar-refractivity contribution in [2.24, 2.45) is 0 Å². The van der Waals surface area contributed by atoms with Crippen LogP contribution in [0.5, 0.6) is 5.75 Å². The predicted molar refractivity (Wildman–Crippen MR) is 117 cm³/mol. The zero-order chi connectivity index (χ0) is 23.6. The number of halogens is 1. The van der Waals surface area contributed by atoms with Gasteiger partial charge in [0.15, 0.2) is 5.69 Å². The van der Waals surface area contributed by atoms with Gasteiger partial charge in [0.05, 0.1) is 6.04 Å². The summed E-state index contributed by atoms with van der Waals surface area (Å²) in [7, 11) is -3.80. The third kappa shape index (κ3) is 5.07. The highest BCUT2D eigenvalue weighted by Crippen LogP contribution is 2.26. The van der Waals surface area contributed by atoms with Crippen molar-refractivity contribution in [2.45, 2.75) is 51.2 Å². The first-order valence-corrected chi connectivity index (χ1v) is 12.3. The van der Waals surface area contributed by atoms with Gasteiger partial charge in [-0.2, -0.15) is 17.4 Å². The maximum atomic E-state index is 13.1. The molecule has 0 spiro atoms. The Morgan fingerprint density at radius 1 is 1.12 bits per heavy atom. The number of carbonyl (C=O) groups is 1. The second-order valence-electron chi connectivity index (χ2n) is 8.21. The van der Waals surface area contributed by atoms with Crippen molar-refractivity contribution < 1.29 is 22.7 Å². The molecule has 0 bridgehead atoms. The number of amides is 1. The number of aromatic hydroxyl groups is 1. The maximum Gasteiger partial charge on any atom is 0.296 e. The molecule has 0 radical (unpaired) electrons. The molecule has 2 aliphatic rings. The smallest absolute Gasteiger partial charge is 0.296 e. The number of fused-ring (bicyclic) bond motifs is 1. The number of nitrogens with zero attached hydrogens (tertiary/aromatic N) is 3. The molecule has 1 aromatic carbocycles. The Balaban J connectivity index is 1.58. The topological polar surface area (TPSA) is 134 Å². The Morgan fingerprint density at radius 2 is 1.82 bits per heavy atom. The summed E-state index contributed by atoms with van der Waals surface area (Å²) in [6.07, 6.45) is 3.46. The van der Waals surface area contributed by atoms with Gasteiger partial charge in [0, 0.05) is 26.2 Å². The number of carbonyl (C=O) groups excluding carboxylic acids is 1. The maximum absolute atomic E-state index is 13.1. The number of nitrogens with one attached hydrogen (secondary N) is 2. The molecular weight excluding hydrogens is 453 g/mol. The molecule has 0 saturated carbocycles. The lowest BCUT2D eigenvalue weighted by molar-refractivity contribution is 0.0941. The molecule has 1 amide bonds. The minimum absolute atomic E-state index is 0.0314. The molecule has 1 fully saturated rings. The van der Waals surface area contributed by atoms with Gasteiger partial charge >= 0.3 is 0 Å². The first-order valence-electron chi connectivity index (χ1n) is 10.9. The van der Waals surface area contributed by atoms with Gasteiger partial charge in [-0.3, -0.25) is 14.2 Å². The number of hydrogen-bond acceptors (Lipinski definition) is 6. The Bertz CT molecular complexity index is 1190. The highest BCUT2D eigenvalue weighted by molar-refractivity contribution is 7.87. The van der Waals surface area contributed by atoms with E-state index in [-0.39, 0.29) is 18.9 Å². The highest BCUT2D eigenvalue weighted by atomic mass is 32.2. The molecule has 178 valence electrons. The molecule has 3 heterocycles. The van der Waals surface area contributed by atoms with Gasteiger partial charge in [-0.15, -0.1) is 0 Å². The standard InChI is InChI=1S/C21H26FN5O5S/c22-15-8-6-14(7-9-15)13-23-20(29)17-18(28)21(30)27-12-4-5-16(19(27)24-17)25-33(31,32)26-10-2-1-3-11-26/h6-9,16,25,28H,1-5,10-13H2,(H,23,29). The van der Waals surface area contributed by atoms with Gasteiger partial charge in [0.2, 0.25) is 5.75 Å². The molecule has 33 heavy (non-hydrogen) atoms. The fourth-order valence-corrected chi connectivity index (χ4v) is 5.59. The van der Waals surface area contributed by atoms with Crippen LogP contribution in [0.25, 0.3) is 0 Å². The highest BCUT2D eigenvalue weighted by Gasteiger charge is 2.33. The third-order valence-corrected chi connectivity index (χ3v) is 7.52. The molecule has 12 heteroatoms. The average Bonchev–Trinajstić information content (AvgIpc) is 2.81. The molecule has 2 aliphatic heterocycles. The molecule has 3 N–H and O–H groups in total. The summed E-state index contributed by atoms with van der Waals surface area (Å²) in [4.78, 5) is 29.6. The number of rotatable bonds is 6. The zero-order valence-corrected chi connectivity index (χ0v) is 18.8. The quantitative estimate of drug-likeness (QED) is 0.570. The van der Waals surface area contributed by atoms with E-state index < -0.39 is 45.0 Å². The number of piperidine rings is 1. The van der Waals surface area contributed by atoms with Crippen molar-refractivity contribution in [3.8, 4) is 5.75 Å². The molecule has 1 saturated heterocycles. The van der Waals surface area contributed by atoms with Gasteiger partial charge in [-0.25, -0.2) is 9.37 Å².